The van der Waals surface area contributed by atoms with Crippen LogP contribution in [0.3, 0.4) is 0 Å². The highest BCUT2D eigenvalue weighted by Crippen LogP contribution is 2.34. The second-order valence-electron chi connectivity index (χ2n) is 8.35. The van der Waals surface area contributed by atoms with E-state index in [-0.39, 0.29) is 28.9 Å². The van der Waals surface area contributed by atoms with Gasteiger partial charge in [-0.25, -0.2) is 9.97 Å². The molecule has 1 saturated heterocycles. The number of carbonyl (C=O) groups is 2. The van der Waals surface area contributed by atoms with Crippen molar-refractivity contribution in [2.45, 2.75) is 43.8 Å². The summed E-state index contributed by atoms with van der Waals surface area (Å²) >= 11 is 0. The fourth-order valence-electron chi connectivity index (χ4n) is 4.14. The number of aromatic nitrogens is 3. The Hall–Kier alpha value is -3.31. The van der Waals surface area contributed by atoms with Gasteiger partial charge in [0.05, 0.1) is 18.8 Å². The number of anilines is 3. The zero-order valence-corrected chi connectivity index (χ0v) is 17.0. The van der Waals surface area contributed by atoms with Gasteiger partial charge in [-0.15, -0.1) is 0 Å². The van der Waals surface area contributed by atoms with Gasteiger partial charge < -0.3 is 26.4 Å². The van der Waals surface area contributed by atoms with E-state index in [9.17, 15) is 14.4 Å². The van der Waals surface area contributed by atoms with Crippen LogP contribution in [0.4, 0.5) is 17.3 Å². The summed E-state index contributed by atoms with van der Waals surface area (Å²) in [5.74, 6) is 0.0694. The zero-order valence-electron chi connectivity index (χ0n) is 17.0. The molecule has 0 aromatic carbocycles. The Labute approximate surface area is 177 Å². The smallest absolute Gasteiger partial charge is 0.276 e. The fourth-order valence-corrected chi connectivity index (χ4v) is 4.14. The van der Waals surface area contributed by atoms with Crippen LogP contribution in [0.5, 0.6) is 0 Å². The second-order valence-corrected chi connectivity index (χ2v) is 8.35. The third-order valence-electron chi connectivity index (χ3n) is 6.11. The summed E-state index contributed by atoms with van der Waals surface area (Å²) in [5, 5.41) is 8.68. The minimum atomic E-state index is -0.827. The number of aryl methyl sites for hydroxylation is 1. The predicted molar refractivity (Wildman–Crippen MR) is 111 cm³/mol. The number of rotatable bonds is 4. The second kappa shape index (κ2) is 6.86. The van der Waals surface area contributed by atoms with Crippen molar-refractivity contribution in [3.63, 3.8) is 0 Å². The molecule has 5 rings (SSSR count). The van der Waals surface area contributed by atoms with Crippen LogP contribution in [0.15, 0.2) is 23.3 Å². The maximum absolute atomic E-state index is 13.4. The van der Waals surface area contributed by atoms with Gasteiger partial charge in [0.1, 0.15) is 35.0 Å². The van der Waals surface area contributed by atoms with Gasteiger partial charge in [-0.1, -0.05) is 0 Å². The molecule has 2 aromatic heterocycles. The van der Waals surface area contributed by atoms with Crippen LogP contribution in [0.2, 0.25) is 0 Å². The number of amides is 2. The molecule has 4 heterocycles. The molecule has 1 aliphatic carbocycles. The topological polar surface area (TPSA) is 153 Å². The largest absolute Gasteiger partial charge is 0.381 e. The summed E-state index contributed by atoms with van der Waals surface area (Å²) in [7, 11) is 0. The summed E-state index contributed by atoms with van der Waals surface area (Å²) in [6.07, 6.45) is 3.59. The average molecular weight is 425 g/mol. The van der Waals surface area contributed by atoms with Crippen molar-refractivity contribution in [3.05, 3.63) is 40.1 Å². The third kappa shape index (κ3) is 3.26. The molecule has 1 spiro atoms. The average Bonchev–Trinajstić information content (AvgIpc) is 3.43. The van der Waals surface area contributed by atoms with Crippen LogP contribution in [-0.4, -0.2) is 45.1 Å². The van der Waals surface area contributed by atoms with Crippen molar-refractivity contribution in [2.75, 3.05) is 23.8 Å². The summed E-state index contributed by atoms with van der Waals surface area (Å²) in [4.78, 5) is 46.4. The first kappa shape index (κ1) is 19.6. The number of nitrogens with one attached hydrogen (secondary N) is 3. The number of ether oxygens (including phenoxy) is 1. The fraction of sp³-hybridized carbons (Fsp3) is 0.450. The van der Waals surface area contributed by atoms with Crippen LogP contribution in [-0.2, 0) is 15.2 Å². The number of hydrogen-bond donors (Lipinski definition) is 4. The van der Waals surface area contributed by atoms with E-state index in [4.69, 9.17) is 10.5 Å². The van der Waals surface area contributed by atoms with Crippen molar-refractivity contribution in [2.24, 2.45) is 5.73 Å². The lowest BCUT2D eigenvalue weighted by Crippen LogP contribution is -2.51. The summed E-state index contributed by atoms with van der Waals surface area (Å²) in [6, 6.07) is 3.16. The highest BCUT2D eigenvalue weighted by Gasteiger charge is 2.46. The molecule has 1 saturated carbocycles. The Balaban J connectivity index is 1.47. The first-order valence-electron chi connectivity index (χ1n) is 10.2. The van der Waals surface area contributed by atoms with E-state index in [1.165, 1.54) is 12.4 Å². The molecule has 11 nitrogen and oxygen atoms in total. The lowest BCUT2D eigenvalue weighted by molar-refractivity contribution is -0.118. The van der Waals surface area contributed by atoms with E-state index in [0.717, 1.165) is 0 Å². The van der Waals surface area contributed by atoms with Crippen molar-refractivity contribution < 1.29 is 14.3 Å². The minimum absolute atomic E-state index is 0.258. The standard InChI is InChI=1S/C20H23N7O4/c1-11-8-12(17(29)27-15(11)16(28)26-20(27)4-6-31-7-5-20)24-13-9-14(23-10-22-13)25-18(30)19(21)2-3-19/h8-10H,2-7,21H2,1H3,(H,26,28)(H2,22,23,24,25,30). The Morgan fingerprint density at radius 3 is 2.58 bits per heavy atom. The summed E-state index contributed by atoms with van der Waals surface area (Å²) in [5.41, 5.74) is 5.28. The summed E-state index contributed by atoms with van der Waals surface area (Å²) in [6.45, 7) is 2.71. The number of hydrogen-bond acceptors (Lipinski definition) is 8. The van der Waals surface area contributed by atoms with Gasteiger partial charge in [0.15, 0.2) is 0 Å². The highest BCUT2D eigenvalue weighted by molar-refractivity contribution is 5.99. The zero-order chi connectivity index (χ0) is 21.8. The molecule has 2 aromatic rings. The SMILES string of the molecule is Cc1cc(Nc2cc(NC(=O)C3(N)CC3)ncn2)c(=O)n2c1C(=O)NC21CCOCC1. The quantitative estimate of drug-likeness (QED) is 0.546. The van der Waals surface area contributed by atoms with Crippen molar-refractivity contribution in [1.82, 2.24) is 19.9 Å². The Bertz CT molecular complexity index is 1150. The molecule has 162 valence electrons. The van der Waals surface area contributed by atoms with Gasteiger partial charge >= 0.3 is 0 Å². The molecule has 0 atom stereocenters. The van der Waals surface area contributed by atoms with Crippen LogP contribution in [0.25, 0.3) is 0 Å². The maximum Gasteiger partial charge on any atom is 0.276 e. The molecule has 0 radical (unpaired) electrons. The Morgan fingerprint density at radius 2 is 1.87 bits per heavy atom. The van der Waals surface area contributed by atoms with Crippen molar-refractivity contribution in [1.29, 1.82) is 0 Å². The molecule has 11 heteroatoms. The van der Waals surface area contributed by atoms with Gasteiger partial charge in [-0.05, 0) is 31.4 Å². The van der Waals surface area contributed by atoms with Crippen LogP contribution >= 0.6 is 0 Å². The molecule has 31 heavy (non-hydrogen) atoms. The lowest BCUT2D eigenvalue weighted by Gasteiger charge is -2.35. The van der Waals surface area contributed by atoms with E-state index in [1.54, 1.807) is 17.6 Å². The van der Waals surface area contributed by atoms with Gasteiger partial charge in [0.25, 0.3) is 11.5 Å². The van der Waals surface area contributed by atoms with Crippen LogP contribution in [0.1, 0.15) is 41.7 Å². The van der Waals surface area contributed by atoms with Gasteiger partial charge in [0, 0.05) is 18.9 Å². The van der Waals surface area contributed by atoms with Crippen LogP contribution in [0, 0.1) is 6.92 Å². The monoisotopic (exact) mass is 425 g/mol. The molecule has 3 aliphatic rings. The number of nitrogens with zero attached hydrogens (tertiary/aromatic N) is 3. The first-order chi connectivity index (χ1) is 14.8. The van der Waals surface area contributed by atoms with Gasteiger partial charge in [-0.2, -0.15) is 0 Å². The Kier molecular flexibility index (Phi) is 4.34. The number of fused-ring (bicyclic) bond motifs is 2. The third-order valence-corrected chi connectivity index (χ3v) is 6.11. The lowest BCUT2D eigenvalue weighted by atomic mass is 10.0. The van der Waals surface area contributed by atoms with E-state index >= 15 is 0 Å². The molecular formula is C20H23N7O4. The molecule has 2 fully saturated rings. The van der Waals surface area contributed by atoms with E-state index in [2.05, 4.69) is 25.9 Å². The number of pyridine rings is 1. The van der Waals surface area contributed by atoms with Gasteiger partial charge in [0.2, 0.25) is 5.91 Å². The molecule has 2 amide bonds. The molecule has 0 bridgehead atoms. The van der Waals surface area contributed by atoms with Crippen molar-refractivity contribution in [3.8, 4) is 0 Å². The van der Waals surface area contributed by atoms with E-state index in [0.29, 0.717) is 56.0 Å². The van der Waals surface area contributed by atoms with Gasteiger partial charge in [-0.3, -0.25) is 19.0 Å². The van der Waals surface area contributed by atoms with E-state index in [1.807, 2.05) is 0 Å². The number of nitrogens with two attached hydrogens (primary N) is 1. The van der Waals surface area contributed by atoms with Crippen LogP contribution < -0.4 is 27.2 Å². The summed E-state index contributed by atoms with van der Waals surface area (Å²) < 4.78 is 6.98. The molecule has 0 unspecified atom stereocenters. The maximum atomic E-state index is 13.4. The molecular weight excluding hydrogens is 402 g/mol. The molecule has 2 aliphatic heterocycles. The predicted octanol–water partition coefficient (Wildman–Crippen LogP) is 0.327. The normalized spacial score (nSPS) is 20.1. The Morgan fingerprint density at radius 1 is 1.16 bits per heavy atom. The van der Waals surface area contributed by atoms with E-state index < -0.39 is 11.2 Å². The minimum Gasteiger partial charge on any atom is -0.381 e. The number of carbonyl (C=O) groups excluding carboxylic acids is 2. The first-order valence-corrected chi connectivity index (χ1v) is 10.2. The van der Waals surface area contributed by atoms with Crippen molar-refractivity contribution >= 4 is 29.1 Å². The molecule has 5 N–H and O–H groups in total. The highest BCUT2D eigenvalue weighted by atomic mass is 16.5.